The van der Waals surface area contributed by atoms with Crippen LogP contribution in [0.3, 0.4) is 0 Å². The molecule has 7 nitrogen and oxygen atoms in total. The molecule has 1 atom stereocenters. The molecule has 0 aliphatic carbocycles. The highest BCUT2D eigenvalue weighted by molar-refractivity contribution is 7.90. The fraction of sp³-hybridized carbons (Fsp3) is 0.364. The van der Waals surface area contributed by atoms with Gasteiger partial charge in [0, 0.05) is 11.8 Å². The van der Waals surface area contributed by atoms with Crippen molar-refractivity contribution in [1.29, 1.82) is 0 Å². The number of hydrogen-bond donors (Lipinski definition) is 1. The molecule has 2 rings (SSSR count). The van der Waals surface area contributed by atoms with Crippen molar-refractivity contribution >= 4 is 27.1 Å². The number of benzene rings is 1. The maximum absolute atomic E-state index is 11.4. The SMILES string of the molecule is CC(CS(C)(=O)=O)n1nnnc1-c1ccc(Cl)c(N)c1. The van der Waals surface area contributed by atoms with Crippen LogP contribution in [0.15, 0.2) is 18.2 Å². The lowest BCUT2D eigenvalue weighted by atomic mass is 10.2. The van der Waals surface area contributed by atoms with Gasteiger partial charge < -0.3 is 5.73 Å². The minimum absolute atomic E-state index is 0.0475. The molecule has 0 saturated carbocycles. The van der Waals surface area contributed by atoms with Gasteiger partial charge in [-0.2, -0.15) is 0 Å². The average Bonchev–Trinajstić information content (AvgIpc) is 2.79. The number of nitrogens with zero attached hydrogens (tertiary/aromatic N) is 4. The van der Waals surface area contributed by atoms with E-state index >= 15 is 0 Å². The van der Waals surface area contributed by atoms with Gasteiger partial charge in [0.1, 0.15) is 9.84 Å². The molecule has 0 amide bonds. The second kappa shape index (κ2) is 5.37. The Morgan fingerprint density at radius 2 is 2.15 bits per heavy atom. The van der Waals surface area contributed by atoms with Crippen LogP contribution in [-0.4, -0.2) is 40.6 Å². The number of hydrogen-bond acceptors (Lipinski definition) is 6. The number of rotatable bonds is 4. The van der Waals surface area contributed by atoms with Crippen molar-refractivity contribution in [2.24, 2.45) is 0 Å². The predicted molar refractivity (Wildman–Crippen MR) is 77.1 cm³/mol. The van der Waals surface area contributed by atoms with Gasteiger partial charge in [-0.05, 0) is 35.5 Å². The summed E-state index contributed by atoms with van der Waals surface area (Å²) in [4.78, 5) is 0. The summed E-state index contributed by atoms with van der Waals surface area (Å²) in [5.41, 5.74) is 6.84. The number of sulfone groups is 1. The Balaban J connectivity index is 2.39. The first-order valence-electron chi connectivity index (χ1n) is 5.79. The lowest BCUT2D eigenvalue weighted by Crippen LogP contribution is -2.18. The Morgan fingerprint density at radius 3 is 2.75 bits per heavy atom. The molecular formula is C11H14ClN5O2S. The number of nitrogens with two attached hydrogens (primary N) is 1. The van der Waals surface area contributed by atoms with Crippen LogP contribution in [0.25, 0.3) is 11.4 Å². The first-order chi connectivity index (χ1) is 9.28. The molecule has 20 heavy (non-hydrogen) atoms. The van der Waals surface area contributed by atoms with Crippen LogP contribution in [0.4, 0.5) is 5.69 Å². The van der Waals surface area contributed by atoms with E-state index < -0.39 is 9.84 Å². The van der Waals surface area contributed by atoms with E-state index in [0.717, 1.165) is 0 Å². The summed E-state index contributed by atoms with van der Waals surface area (Å²) >= 11 is 5.87. The van der Waals surface area contributed by atoms with E-state index in [2.05, 4.69) is 15.5 Å². The number of aromatic nitrogens is 4. The van der Waals surface area contributed by atoms with E-state index in [1.54, 1.807) is 25.1 Å². The maximum Gasteiger partial charge on any atom is 0.182 e. The van der Waals surface area contributed by atoms with Gasteiger partial charge in [0.25, 0.3) is 0 Å². The van der Waals surface area contributed by atoms with Crippen molar-refractivity contribution in [3.8, 4) is 11.4 Å². The van der Waals surface area contributed by atoms with Crippen molar-refractivity contribution in [1.82, 2.24) is 20.2 Å². The Morgan fingerprint density at radius 1 is 1.45 bits per heavy atom. The summed E-state index contributed by atoms with van der Waals surface area (Å²) in [6.45, 7) is 1.74. The Bertz CT molecular complexity index is 728. The molecule has 0 bridgehead atoms. The fourth-order valence-corrected chi connectivity index (χ4v) is 3.01. The average molecular weight is 316 g/mol. The van der Waals surface area contributed by atoms with Gasteiger partial charge in [-0.15, -0.1) is 5.10 Å². The van der Waals surface area contributed by atoms with Crippen LogP contribution in [-0.2, 0) is 9.84 Å². The summed E-state index contributed by atoms with van der Waals surface area (Å²) in [6.07, 6.45) is 1.17. The fourth-order valence-electron chi connectivity index (χ4n) is 1.87. The number of anilines is 1. The molecule has 2 N–H and O–H groups in total. The molecule has 108 valence electrons. The molecule has 0 radical (unpaired) electrons. The van der Waals surface area contributed by atoms with Crippen LogP contribution < -0.4 is 5.73 Å². The third-order valence-corrected chi connectivity index (χ3v) is 4.14. The van der Waals surface area contributed by atoms with Crippen molar-refractivity contribution < 1.29 is 8.42 Å². The minimum atomic E-state index is -3.13. The second-order valence-corrected chi connectivity index (χ2v) is 7.22. The molecule has 0 spiro atoms. The zero-order valence-corrected chi connectivity index (χ0v) is 12.6. The summed E-state index contributed by atoms with van der Waals surface area (Å²) in [7, 11) is -3.13. The molecule has 1 aromatic carbocycles. The summed E-state index contributed by atoms with van der Waals surface area (Å²) < 4.78 is 24.2. The van der Waals surface area contributed by atoms with Crippen molar-refractivity contribution in [2.45, 2.75) is 13.0 Å². The molecule has 2 aromatic rings. The van der Waals surface area contributed by atoms with Gasteiger partial charge in [-0.3, -0.25) is 0 Å². The molecule has 0 aliphatic rings. The second-order valence-electron chi connectivity index (χ2n) is 4.62. The monoisotopic (exact) mass is 315 g/mol. The Hall–Kier alpha value is -1.67. The largest absolute Gasteiger partial charge is 0.398 e. The standard InChI is InChI=1S/C11H14ClN5O2S/c1-7(6-20(2,18)19)17-11(14-15-16-17)8-3-4-9(12)10(13)5-8/h3-5,7H,6,13H2,1-2H3. The third-order valence-electron chi connectivity index (χ3n) is 2.71. The third kappa shape index (κ3) is 3.26. The van der Waals surface area contributed by atoms with Crippen LogP contribution >= 0.6 is 11.6 Å². The quantitative estimate of drug-likeness (QED) is 0.850. The van der Waals surface area contributed by atoms with E-state index in [1.165, 1.54) is 10.9 Å². The zero-order valence-electron chi connectivity index (χ0n) is 11.0. The van der Waals surface area contributed by atoms with E-state index in [-0.39, 0.29) is 11.8 Å². The highest BCUT2D eigenvalue weighted by Crippen LogP contribution is 2.26. The molecule has 0 fully saturated rings. The number of tetrazole rings is 1. The van der Waals surface area contributed by atoms with E-state index in [1.807, 2.05) is 0 Å². The van der Waals surface area contributed by atoms with Gasteiger partial charge in [0.15, 0.2) is 5.82 Å². The van der Waals surface area contributed by atoms with Crippen LogP contribution in [0.5, 0.6) is 0 Å². The molecular weight excluding hydrogens is 302 g/mol. The zero-order chi connectivity index (χ0) is 14.9. The van der Waals surface area contributed by atoms with Crippen LogP contribution in [0, 0.1) is 0 Å². The first kappa shape index (κ1) is 14.7. The highest BCUT2D eigenvalue weighted by Gasteiger charge is 2.19. The summed E-state index contributed by atoms with van der Waals surface area (Å²) in [5, 5.41) is 11.8. The predicted octanol–water partition coefficient (Wildman–Crippen LogP) is 1.18. The van der Waals surface area contributed by atoms with Gasteiger partial charge in [-0.25, -0.2) is 13.1 Å². The van der Waals surface area contributed by atoms with E-state index in [0.29, 0.717) is 22.1 Å². The smallest absolute Gasteiger partial charge is 0.182 e. The topological polar surface area (TPSA) is 104 Å². The van der Waals surface area contributed by atoms with Crippen LogP contribution in [0.1, 0.15) is 13.0 Å². The van der Waals surface area contributed by atoms with E-state index in [9.17, 15) is 8.42 Å². The van der Waals surface area contributed by atoms with Crippen molar-refractivity contribution in [2.75, 3.05) is 17.7 Å². The summed E-state index contributed by atoms with van der Waals surface area (Å²) in [6, 6.07) is 4.64. The van der Waals surface area contributed by atoms with Crippen molar-refractivity contribution in [3.05, 3.63) is 23.2 Å². The van der Waals surface area contributed by atoms with Gasteiger partial charge in [0.2, 0.25) is 0 Å². The van der Waals surface area contributed by atoms with Gasteiger partial charge >= 0.3 is 0 Å². The molecule has 9 heteroatoms. The Kier molecular flexibility index (Phi) is 3.96. The maximum atomic E-state index is 11.4. The van der Waals surface area contributed by atoms with Gasteiger partial charge in [0.05, 0.1) is 22.5 Å². The highest BCUT2D eigenvalue weighted by atomic mass is 35.5. The number of nitrogen functional groups attached to an aromatic ring is 1. The van der Waals surface area contributed by atoms with Crippen LogP contribution in [0.2, 0.25) is 5.02 Å². The lowest BCUT2D eigenvalue weighted by molar-refractivity contribution is 0.509. The molecule has 1 aromatic heterocycles. The molecule has 0 aliphatic heterocycles. The number of halogens is 1. The lowest BCUT2D eigenvalue weighted by Gasteiger charge is -2.12. The van der Waals surface area contributed by atoms with Crippen molar-refractivity contribution in [3.63, 3.8) is 0 Å². The molecule has 1 unspecified atom stereocenters. The van der Waals surface area contributed by atoms with E-state index in [4.69, 9.17) is 17.3 Å². The van der Waals surface area contributed by atoms with Gasteiger partial charge in [-0.1, -0.05) is 11.6 Å². The Labute approximate surface area is 121 Å². The molecule has 1 heterocycles. The summed E-state index contributed by atoms with van der Waals surface area (Å²) in [5.74, 6) is 0.401. The minimum Gasteiger partial charge on any atom is -0.398 e. The normalized spacial score (nSPS) is 13.3. The molecule has 0 saturated heterocycles. The first-order valence-corrected chi connectivity index (χ1v) is 8.23.